The van der Waals surface area contributed by atoms with E-state index in [9.17, 15) is 9.59 Å². The SMILES string of the molecule is CC1CCC(CCC(=O)Nc2ccccc2CC(=O)O)O1. The molecule has 5 nitrogen and oxygen atoms in total. The van der Waals surface area contributed by atoms with Crippen LogP contribution in [-0.4, -0.2) is 29.2 Å². The molecule has 0 radical (unpaired) electrons. The van der Waals surface area contributed by atoms with Gasteiger partial charge in [0.25, 0.3) is 0 Å². The highest BCUT2D eigenvalue weighted by Gasteiger charge is 2.22. The minimum absolute atomic E-state index is 0.0975. The summed E-state index contributed by atoms with van der Waals surface area (Å²) in [7, 11) is 0. The van der Waals surface area contributed by atoms with Gasteiger partial charge in [-0.1, -0.05) is 18.2 Å². The third-order valence-corrected chi connectivity index (χ3v) is 3.65. The number of ether oxygens (including phenoxy) is 1. The van der Waals surface area contributed by atoms with Gasteiger partial charge in [0.15, 0.2) is 0 Å². The van der Waals surface area contributed by atoms with Crippen molar-refractivity contribution in [2.24, 2.45) is 0 Å². The van der Waals surface area contributed by atoms with Gasteiger partial charge in [-0.15, -0.1) is 0 Å². The number of nitrogens with one attached hydrogen (secondary N) is 1. The summed E-state index contributed by atoms with van der Waals surface area (Å²) < 4.78 is 5.68. The molecule has 0 bridgehead atoms. The lowest BCUT2D eigenvalue weighted by atomic mass is 10.1. The van der Waals surface area contributed by atoms with Gasteiger partial charge in [-0.3, -0.25) is 9.59 Å². The number of hydrogen-bond donors (Lipinski definition) is 2. The first kappa shape index (κ1) is 15.5. The zero-order valence-electron chi connectivity index (χ0n) is 12.2. The molecule has 114 valence electrons. The predicted octanol–water partition coefficient (Wildman–Crippen LogP) is 2.60. The Morgan fingerprint density at radius 2 is 2.10 bits per heavy atom. The second kappa shape index (κ2) is 7.22. The van der Waals surface area contributed by atoms with E-state index in [0.29, 0.717) is 24.1 Å². The fourth-order valence-corrected chi connectivity index (χ4v) is 2.56. The molecule has 0 aromatic heterocycles. The molecular formula is C16H21NO4. The molecule has 1 aromatic rings. The quantitative estimate of drug-likeness (QED) is 0.844. The molecule has 2 rings (SSSR count). The van der Waals surface area contributed by atoms with Crippen LogP contribution in [0.5, 0.6) is 0 Å². The average Bonchev–Trinajstić information content (AvgIpc) is 2.84. The second-order valence-corrected chi connectivity index (χ2v) is 5.46. The topological polar surface area (TPSA) is 75.6 Å². The lowest BCUT2D eigenvalue weighted by molar-refractivity contribution is -0.136. The van der Waals surface area contributed by atoms with Crippen LogP contribution in [0, 0.1) is 0 Å². The highest BCUT2D eigenvalue weighted by Crippen LogP contribution is 2.23. The molecule has 0 aliphatic carbocycles. The van der Waals surface area contributed by atoms with E-state index in [1.165, 1.54) is 0 Å². The summed E-state index contributed by atoms with van der Waals surface area (Å²) in [6.45, 7) is 2.04. The number of hydrogen-bond acceptors (Lipinski definition) is 3. The average molecular weight is 291 g/mol. The monoisotopic (exact) mass is 291 g/mol. The van der Waals surface area contributed by atoms with Gasteiger partial charge in [0, 0.05) is 12.1 Å². The summed E-state index contributed by atoms with van der Waals surface area (Å²) >= 11 is 0. The number of rotatable bonds is 6. The molecular weight excluding hydrogens is 270 g/mol. The number of carbonyl (C=O) groups excluding carboxylic acids is 1. The molecule has 21 heavy (non-hydrogen) atoms. The minimum Gasteiger partial charge on any atom is -0.481 e. The van der Waals surface area contributed by atoms with E-state index < -0.39 is 5.97 Å². The van der Waals surface area contributed by atoms with Crippen molar-refractivity contribution in [2.75, 3.05) is 5.32 Å². The van der Waals surface area contributed by atoms with Crippen LogP contribution >= 0.6 is 0 Å². The number of aliphatic carboxylic acids is 1. The van der Waals surface area contributed by atoms with Crippen LogP contribution < -0.4 is 5.32 Å². The maximum Gasteiger partial charge on any atom is 0.307 e. The maximum absolute atomic E-state index is 12.0. The van der Waals surface area contributed by atoms with Crippen LogP contribution in [0.2, 0.25) is 0 Å². The minimum atomic E-state index is -0.912. The fourth-order valence-electron chi connectivity index (χ4n) is 2.56. The first-order valence-corrected chi connectivity index (χ1v) is 7.29. The molecule has 1 saturated heterocycles. The molecule has 1 aromatic carbocycles. The molecule has 0 saturated carbocycles. The highest BCUT2D eigenvalue weighted by molar-refractivity contribution is 5.92. The lowest BCUT2D eigenvalue weighted by Gasteiger charge is -2.12. The maximum atomic E-state index is 12.0. The second-order valence-electron chi connectivity index (χ2n) is 5.46. The van der Waals surface area contributed by atoms with E-state index in [1.807, 2.05) is 6.92 Å². The van der Waals surface area contributed by atoms with Gasteiger partial charge < -0.3 is 15.2 Å². The van der Waals surface area contributed by atoms with Gasteiger partial charge >= 0.3 is 5.97 Å². The van der Waals surface area contributed by atoms with E-state index in [2.05, 4.69) is 5.32 Å². The van der Waals surface area contributed by atoms with Crippen LogP contribution in [0.3, 0.4) is 0 Å². The Morgan fingerprint density at radius 1 is 1.33 bits per heavy atom. The van der Waals surface area contributed by atoms with Crippen molar-refractivity contribution >= 4 is 17.6 Å². The molecule has 1 aliphatic heterocycles. The smallest absolute Gasteiger partial charge is 0.307 e. The molecule has 1 amide bonds. The Balaban J connectivity index is 1.86. The van der Waals surface area contributed by atoms with Gasteiger partial charge in [-0.25, -0.2) is 0 Å². The summed E-state index contributed by atoms with van der Waals surface area (Å²) in [6.07, 6.45) is 3.50. The van der Waals surface area contributed by atoms with Crippen molar-refractivity contribution in [1.82, 2.24) is 0 Å². The van der Waals surface area contributed by atoms with Gasteiger partial charge in [-0.05, 0) is 37.8 Å². The van der Waals surface area contributed by atoms with Crippen LogP contribution in [0.1, 0.15) is 38.2 Å². The molecule has 2 atom stereocenters. The van der Waals surface area contributed by atoms with Crippen molar-refractivity contribution in [3.63, 3.8) is 0 Å². The number of carbonyl (C=O) groups is 2. The van der Waals surface area contributed by atoms with E-state index in [-0.39, 0.29) is 24.5 Å². The van der Waals surface area contributed by atoms with Gasteiger partial charge in [0.1, 0.15) is 0 Å². The fraction of sp³-hybridized carbons (Fsp3) is 0.500. The normalized spacial score (nSPS) is 21.2. The Morgan fingerprint density at radius 3 is 2.76 bits per heavy atom. The first-order chi connectivity index (χ1) is 10.0. The van der Waals surface area contributed by atoms with Crippen molar-refractivity contribution in [2.45, 2.75) is 51.2 Å². The Bertz CT molecular complexity index is 515. The van der Waals surface area contributed by atoms with E-state index in [1.54, 1.807) is 24.3 Å². The molecule has 2 unspecified atom stereocenters. The number of para-hydroxylation sites is 1. The Labute approximate surface area is 124 Å². The number of carboxylic acid groups (broad SMARTS) is 1. The molecule has 0 spiro atoms. The van der Waals surface area contributed by atoms with Crippen molar-refractivity contribution < 1.29 is 19.4 Å². The molecule has 1 fully saturated rings. The van der Waals surface area contributed by atoms with Crippen molar-refractivity contribution in [3.05, 3.63) is 29.8 Å². The number of carboxylic acids is 1. The standard InChI is InChI=1S/C16H21NO4/c1-11-6-7-13(21-11)8-9-15(18)17-14-5-3-2-4-12(14)10-16(19)20/h2-5,11,13H,6-10H2,1H3,(H,17,18)(H,19,20). The first-order valence-electron chi connectivity index (χ1n) is 7.29. The summed E-state index contributed by atoms with van der Waals surface area (Å²) in [4.78, 5) is 22.8. The number of anilines is 1. The molecule has 1 heterocycles. The summed E-state index contributed by atoms with van der Waals surface area (Å²) in [5, 5.41) is 11.7. The Kier molecular flexibility index (Phi) is 5.33. The van der Waals surface area contributed by atoms with Crippen molar-refractivity contribution in [3.8, 4) is 0 Å². The van der Waals surface area contributed by atoms with Crippen LogP contribution in [-0.2, 0) is 20.7 Å². The highest BCUT2D eigenvalue weighted by atomic mass is 16.5. The van der Waals surface area contributed by atoms with E-state index >= 15 is 0 Å². The third kappa shape index (κ3) is 4.86. The summed E-state index contributed by atoms with van der Waals surface area (Å²) in [6, 6.07) is 6.99. The van der Waals surface area contributed by atoms with Crippen molar-refractivity contribution in [1.29, 1.82) is 0 Å². The largest absolute Gasteiger partial charge is 0.481 e. The van der Waals surface area contributed by atoms with Crippen LogP contribution in [0.4, 0.5) is 5.69 Å². The summed E-state index contributed by atoms with van der Waals surface area (Å²) in [5.74, 6) is -1.01. The van der Waals surface area contributed by atoms with E-state index in [4.69, 9.17) is 9.84 Å². The molecule has 1 aliphatic rings. The van der Waals surface area contributed by atoms with Crippen LogP contribution in [0.15, 0.2) is 24.3 Å². The number of benzene rings is 1. The molecule has 5 heteroatoms. The Hall–Kier alpha value is -1.88. The molecule has 2 N–H and O–H groups in total. The summed E-state index contributed by atoms with van der Waals surface area (Å²) in [5.41, 5.74) is 1.19. The third-order valence-electron chi connectivity index (χ3n) is 3.65. The van der Waals surface area contributed by atoms with Gasteiger partial charge in [-0.2, -0.15) is 0 Å². The zero-order valence-corrected chi connectivity index (χ0v) is 12.2. The zero-order chi connectivity index (χ0) is 15.2. The van der Waals surface area contributed by atoms with Crippen LogP contribution in [0.25, 0.3) is 0 Å². The van der Waals surface area contributed by atoms with Gasteiger partial charge in [0.05, 0.1) is 18.6 Å². The number of amides is 1. The van der Waals surface area contributed by atoms with Gasteiger partial charge in [0.2, 0.25) is 5.91 Å². The van der Waals surface area contributed by atoms with E-state index in [0.717, 1.165) is 12.8 Å². The predicted molar refractivity (Wildman–Crippen MR) is 79.2 cm³/mol. The lowest BCUT2D eigenvalue weighted by Crippen LogP contribution is -2.17.